The SMILES string of the molecule is C[C@H]1[C@H](C)CCC[C@H]1NC(=O)COC(=O)c1nn(-c2ccccc2)c(=O)c2ccccc12. The minimum atomic E-state index is -0.744. The van der Waals surface area contributed by atoms with Gasteiger partial charge in [-0.1, -0.05) is 63.1 Å². The molecule has 0 spiro atoms. The highest BCUT2D eigenvalue weighted by Gasteiger charge is 2.28. The van der Waals surface area contributed by atoms with E-state index in [0.29, 0.717) is 28.3 Å². The standard InChI is InChI=1S/C25H27N3O4/c1-16-9-8-14-21(17(16)2)26-22(29)15-32-25(31)23-19-12-6-7-13-20(19)24(30)28(27-23)18-10-4-3-5-11-18/h3-7,10-13,16-17,21H,8-9,14-15H2,1-2H3,(H,26,29)/t16-,17+,21-/m1/s1. The Balaban J connectivity index is 1.55. The van der Waals surface area contributed by atoms with Crippen LogP contribution in [0.15, 0.2) is 59.4 Å². The van der Waals surface area contributed by atoms with E-state index >= 15 is 0 Å². The van der Waals surface area contributed by atoms with Crippen LogP contribution >= 0.6 is 0 Å². The molecule has 0 radical (unpaired) electrons. The molecule has 3 aromatic rings. The molecule has 1 amide bonds. The Hall–Kier alpha value is -3.48. The summed E-state index contributed by atoms with van der Waals surface area (Å²) in [6.07, 6.45) is 3.17. The second kappa shape index (κ2) is 9.34. The lowest BCUT2D eigenvalue weighted by molar-refractivity contribution is -0.125. The molecule has 0 unspecified atom stereocenters. The van der Waals surface area contributed by atoms with Crippen LogP contribution in [0.4, 0.5) is 0 Å². The Morgan fingerprint density at radius 1 is 1.03 bits per heavy atom. The van der Waals surface area contributed by atoms with Gasteiger partial charge in [0, 0.05) is 11.4 Å². The van der Waals surface area contributed by atoms with Crippen LogP contribution in [0, 0.1) is 11.8 Å². The molecule has 1 heterocycles. The first-order valence-corrected chi connectivity index (χ1v) is 11.0. The van der Waals surface area contributed by atoms with Gasteiger partial charge in [-0.2, -0.15) is 9.78 Å². The average Bonchev–Trinajstić information content (AvgIpc) is 2.81. The molecule has 1 fully saturated rings. The van der Waals surface area contributed by atoms with Crippen LogP contribution < -0.4 is 10.9 Å². The number of esters is 1. The lowest BCUT2D eigenvalue weighted by Crippen LogP contribution is -2.45. The second-order valence-electron chi connectivity index (χ2n) is 8.46. The van der Waals surface area contributed by atoms with E-state index in [1.165, 1.54) is 11.1 Å². The van der Waals surface area contributed by atoms with Crippen LogP contribution in [-0.4, -0.2) is 34.3 Å². The number of nitrogens with zero attached hydrogens (tertiary/aromatic N) is 2. The van der Waals surface area contributed by atoms with Crippen LogP contribution in [0.5, 0.6) is 0 Å². The Morgan fingerprint density at radius 3 is 2.47 bits per heavy atom. The third kappa shape index (κ3) is 4.42. The third-order valence-corrected chi connectivity index (χ3v) is 6.39. The molecule has 166 valence electrons. The molecule has 4 rings (SSSR count). The number of carbonyl (C=O) groups excluding carboxylic acids is 2. The van der Waals surface area contributed by atoms with Gasteiger partial charge in [0.05, 0.1) is 11.1 Å². The number of aromatic nitrogens is 2. The van der Waals surface area contributed by atoms with Crippen LogP contribution in [0.1, 0.15) is 43.6 Å². The van der Waals surface area contributed by atoms with Crippen molar-refractivity contribution in [2.24, 2.45) is 11.8 Å². The zero-order valence-electron chi connectivity index (χ0n) is 18.3. The first-order chi connectivity index (χ1) is 15.5. The topological polar surface area (TPSA) is 90.3 Å². The Labute approximate surface area is 186 Å². The maximum Gasteiger partial charge on any atom is 0.359 e. The van der Waals surface area contributed by atoms with Gasteiger partial charge in [0.1, 0.15) is 0 Å². The number of fused-ring (bicyclic) bond motifs is 1. The Bertz CT molecular complexity index is 1190. The van der Waals surface area contributed by atoms with Crippen LogP contribution in [0.25, 0.3) is 16.5 Å². The summed E-state index contributed by atoms with van der Waals surface area (Å²) in [4.78, 5) is 38.3. The fourth-order valence-corrected chi connectivity index (χ4v) is 4.32. The Morgan fingerprint density at radius 2 is 1.72 bits per heavy atom. The van der Waals surface area contributed by atoms with E-state index in [9.17, 15) is 14.4 Å². The van der Waals surface area contributed by atoms with Crippen LogP contribution in [0.3, 0.4) is 0 Å². The van der Waals surface area contributed by atoms with E-state index in [1.807, 2.05) is 6.07 Å². The van der Waals surface area contributed by atoms with Crippen LogP contribution in [0.2, 0.25) is 0 Å². The number of hydrogen-bond donors (Lipinski definition) is 1. The summed E-state index contributed by atoms with van der Waals surface area (Å²) in [6, 6.07) is 15.7. The molecular formula is C25H27N3O4. The fraction of sp³-hybridized carbons (Fsp3) is 0.360. The summed E-state index contributed by atoms with van der Waals surface area (Å²) in [7, 11) is 0. The summed E-state index contributed by atoms with van der Waals surface area (Å²) in [5, 5.41) is 8.03. The molecule has 1 N–H and O–H groups in total. The summed E-state index contributed by atoms with van der Waals surface area (Å²) >= 11 is 0. The van der Waals surface area contributed by atoms with Gasteiger partial charge in [-0.25, -0.2) is 4.79 Å². The molecule has 1 aliphatic carbocycles. The lowest BCUT2D eigenvalue weighted by atomic mass is 9.78. The third-order valence-electron chi connectivity index (χ3n) is 6.39. The molecule has 7 nitrogen and oxygen atoms in total. The van der Waals surface area contributed by atoms with Crippen molar-refractivity contribution in [1.82, 2.24) is 15.1 Å². The number of hydrogen-bond acceptors (Lipinski definition) is 5. The smallest absolute Gasteiger partial charge is 0.359 e. The first-order valence-electron chi connectivity index (χ1n) is 11.0. The highest BCUT2D eigenvalue weighted by atomic mass is 16.5. The molecule has 0 aliphatic heterocycles. The molecule has 1 saturated carbocycles. The van der Waals surface area contributed by atoms with E-state index < -0.39 is 12.6 Å². The van der Waals surface area contributed by atoms with E-state index in [2.05, 4.69) is 24.3 Å². The van der Waals surface area contributed by atoms with Gasteiger partial charge in [-0.3, -0.25) is 9.59 Å². The van der Waals surface area contributed by atoms with Gasteiger partial charge in [-0.05, 0) is 36.5 Å². The summed E-state index contributed by atoms with van der Waals surface area (Å²) in [5.41, 5.74) is 0.202. The zero-order chi connectivity index (χ0) is 22.7. The summed E-state index contributed by atoms with van der Waals surface area (Å²) < 4.78 is 6.49. The molecule has 3 atom stereocenters. The van der Waals surface area contributed by atoms with Crippen molar-refractivity contribution in [3.8, 4) is 5.69 Å². The second-order valence-corrected chi connectivity index (χ2v) is 8.46. The van der Waals surface area contributed by atoms with Gasteiger partial charge < -0.3 is 10.1 Å². The van der Waals surface area contributed by atoms with Crippen molar-refractivity contribution in [3.05, 3.63) is 70.6 Å². The number of ether oxygens (including phenoxy) is 1. The summed E-state index contributed by atoms with van der Waals surface area (Å²) in [6.45, 7) is 3.95. The largest absolute Gasteiger partial charge is 0.451 e. The van der Waals surface area contributed by atoms with E-state index in [1.54, 1.807) is 48.5 Å². The normalized spacial score (nSPS) is 20.6. The van der Waals surface area contributed by atoms with Gasteiger partial charge in [-0.15, -0.1) is 0 Å². The minimum absolute atomic E-state index is 0.00323. The predicted molar refractivity (Wildman–Crippen MR) is 122 cm³/mol. The number of para-hydroxylation sites is 1. The molecule has 0 bridgehead atoms. The molecule has 1 aromatic heterocycles. The van der Waals surface area contributed by atoms with Crippen molar-refractivity contribution in [2.45, 2.75) is 39.2 Å². The van der Waals surface area contributed by atoms with Gasteiger partial charge in [0.15, 0.2) is 12.3 Å². The number of benzene rings is 2. The lowest BCUT2D eigenvalue weighted by Gasteiger charge is -2.34. The van der Waals surface area contributed by atoms with Crippen molar-refractivity contribution in [3.63, 3.8) is 0 Å². The molecule has 1 aliphatic rings. The zero-order valence-corrected chi connectivity index (χ0v) is 18.3. The molecular weight excluding hydrogens is 406 g/mol. The van der Waals surface area contributed by atoms with Crippen LogP contribution in [-0.2, 0) is 9.53 Å². The van der Waals surface area contributed by atoms with E-state index in [4.69, 9.17) is 4.74 Å². The van der Waals surface area contributed by atoms with Gasteiger partial charge >= 0.3 is 5.97 Å². The minimum Gasteiger partial charge on any atom is -0.451 e. The number of rotatable bonds is 5. The highest BCUT2D eigenvalue weighted by Crippen LogP contribution is 2.29. The van der Waals surface area contributed by atoms with E-state index in [0.717, 1.165) is 12.8 Å². The fourth-order valence-electron chi connectivity index (χ4n) is 4.32. The van der Waals surface area contributed by atoms with Gasteiger partial charge in [0.25, 0.3) is 11.5 Å². The first kappa shape index (κ1) is 21.7. The molecule has 7 heteroatoms. The highest BCUT2D eigenvalue weighted by molar-refractivity contribution is 6.02. The monoisotopic (exact) mass is 433 g/mol. The maximum absolute atomic E-state index is 12.9. The Kier molecular flexibility index (Phi) is 6.35. The molecule has 0 saturated heterocycles. The van der Waals surface area contributed by atoms with Crippen molar-refractivity contribution < 1.29 is 14.3 Å². The van der Waals surface area contributed by atoms with Crippen molar-refractivity contribution in [2.75, 3.05) is 6.61 Å². The van der Waals surface area contributed by atoms with Gasteiger partial charge in [0.2, 0.25) is 0 Å². The van der Waals surface area contributed by atoms with Crippen molar-refractivity contribution in [1.29, 1.82) is 0 Å². The summed E-state index contributed by atoms with van der Waals surface area (Å²) in [5.74, 6) is -0.147. The molecule has 2 aromatic carbocycles. The molecule has 32 heavy (non-hydrogen) atoms. The van der Waals surface area contributed by atoms with E-state index in [-0.39, 0.29) is 23.2 Å². The quantitative estimate of drug-likeness (QED) is 0.622. The number of nitrogens with one attached hydrogen (secondary N) is 1. The predicted octanol–water partition coefficient (Wildman–Crippen LogP) is 3.48. The average molecular weight is 434 g/mol. The maximum atomic E-state index is 12.9. The number of amides is 1. The number of carbonyl (C=O) groups is 2. The van der Waals surface area contributed by atoms with Crippen molar-refractivity contribution >= 4 is 22.6 Å².